The van der Waals surface area contributed by atoms with Gasteiger partial charge in [-0.3, -0.25) is 9.59 Å². The molecule has 0 heterocycles. The number of hydrogen-bond acceptors (Lipinski definition) is 5. The van der Waals surface area contributed by atoms with E-state index in [1.165, 1.54) is 0 Å². The number of ketones is 2. The molecule has 3 saturated carbocycles. The number of rotatable bonds is 2. The lowest BCUT2D eigenvalue weighted by atomic mass is 9.45. The lowest BCUT2D eigenvalue weighted by molar-refractivity contribution is -0.168. The molecule has 1 unspecified atom stereocenters. The first-order valence-corrected chi connectivity index (χ1v) is 9.96. The minimum atomic E-state index is -0.607. The quantitative estimate of drug-likeness (QED) is 0.694. The number of carbonyl (C=O) groups is 2. The van der Waals surface area contributed by atoms with Crippen molar-refractivity contribution in [1.29, 1.82) is 0 Å². The molecule has 3 N–H and O–H groups in total. The fraction of sp³-hybridized carbons (Fsp3) is 0.810. The van der Waals surface area contributed by atoms with Crippen molar-refractivity contribution in [1.82, 2.24) is 0 Å². The van der Waals surface area contributed by atoms with Gasteiger partial charge in [-0.1, -0.05) is 19.4 Å². The molecule has 4 aliphatic rings. The molecule has 0 aromatic rings. The molecule has 4 aliphatic carbocycles. The average molecular weight is 362 g/mol. The van der Waals surface area contributed by atoms with E-state index >= 15 is 0 Å². The van der Waals surface area contributed by atoms with E-state index in [0.717, 1.165) is 24.8 Å². The fourth-order valence-corrected chi connectivity index (χ4v) is 7.28. The molecule has 0 aromatic carbocycles. The van der Waals surface area contributed by atoms with Crippen molar-refractivity contribution >= 4 is 11.6 Å². The first kappa shape index (κ1) is 18.3. The minimum Gasteiger partial charge on any atom is -0.393 e. The Morgan fingerprint density at radius 2 is 1.96 bits per heavy atom. The Balaban J connectivity index is 1.75. The minimum absolute atomic E-state index is 0.0596. The van der Waals surface area contributed by atoms with Crippen LogP contribution in [-0.4, -0.2) is 45.7 Å². The van der Waals surface area contributed by atoms with Crippen LogP contribution in [0.2, 0.25) is 0 Å². The number of aliphatic hydroxyl groups excluding tert-OH is 3. The van der Waals surface area contributed by atoms with Crippen LogP contribution in [0.25, 0.3) is 0 Å². The predicted octanol–water partition coefficient (Wildman–Crippen LogP) is 1.64. The summed E-state index contributed by atoms with van der Waals surface area (Å²) >= 11 is 0. The predicted molar refractivity (Wildman–Crippen MR) is 95.1 cm³/mol. The summed E-state index contributed by atoms with van der Waals surface area (Å²) in [5, 5.41) is 31.6. The summed E-state index contributed by atoms with van der Waals surface area (Å²) in [5.74, 6) is -0.226. The van der Waals surface area contributed by atoms with Gasteiger partial charge in [0.15, 0.2) is 11.6 Å². The van der Waals surface area contributed by atoms with Gasteiger partial charge in [0.25, 0.3) is 0 Å². The summed E-state index contributed by atoms with van der Waals surface area (Å²) in [7, 11) is 0. The Morgan fingerprint density at radius 1 is 1.23 bits per heavy atom. The van der Waals surface area contributed by atoms with E-state index in [1.54, 1.807) is 6.08 Å². The second kappa shape index (κ2) is 5.98. The van der Waals surface area contributed by atoms with Crippen LogP contribution in [0.1, 0.15) is 52.4 Å². The molecule has 8 atom stereocenters. The molecule has 0 saturated heterocycles. The highest BCUT2D eigenvalue weighted by Crippen LogP contribution is 2.66. The Labute approximate surface area is 154 Å². The summed E-state index contributed by atoms with van der Waals surface area (Å²) in [4.78, 5) is 24.2. The van der Waals surface area contributed by atoms with E-state index in [1.807, 2.05) is 0 Å². The van der Waals surface area contributed by atoms with Crippen molar-refractivity contribution in [2.45, 2.75) is 64.6 Å². The number of hydrogen-bond donors (Lipinski definition) is 3. The lowest BCUT2D eigenvalue weighted by Crippen LogP contribution is -2.60. The molecule has 5 nitrogen and oxygen atoms in total. The van der Waals surface area contributed by atoms with Crippen LogP contribution >= 0.6 is 0 Å². The topological polar surface area (TPSA) is 94.8 Å². The molecule has 0 radical (unpaired) electrons. The third-order valence-electron chi connectivity index (χ3n) is 8.47. The molecule has 0 spiro atoms. The zero-order chi connectivity index (χ0) is 18.9. The zero-order valence-electron chi connectivity index (χ0n) is 15.6. The third-order valence-corrected chi connectivity index (χ3v) is 8.47. The van der Waals surface area contributed by atoms with E-state index in [0.29, 0.717) is 19.3 Å². The van der Waals surface area contributed by atoms with Gasteiger partial charge in [-0.25, -0.2) is 0 Å². The molecule has 0 aromatic heterocycles. The van der Waals surface area contributed by atoms with Gasteiger partial charge in [-0.15, -0.1) is 0 Å². The van der Waals surface area contributed by atoms with Gasteiger partial charge in [0.1, 0.15) is 6.61 Å². The van der Waals surface area contributed by atoms with Gasteiger partial charge >= 0.3 is 0 Å². The van der Waals surface area contributed by atoms with Crippen molar-refractivity contribution in [2.75, 3.05) is 6.61 Å². The van der Waals surface area contributed by atoms with Gasteiger partial charge in [0, 0.05) is 12.3 Å². The van der Waals surface area contributed by atoms with E-state index in [-0.39, 0.29) is 46.1 Å². The summed E-state index contributed by atoms with van der Waals surface area (Å²) < 4.78 is 0. The van der Waals surface area contributed by atoms with Gasteiger partial charge in [0.05, 0.1) is 12.2 Å². The van der Waals surface area contributed by atoms with E-state index in [4.69, 9.17) is 0 Å². The van der Waals surface area contributed by atoms with Gasteiger partial charge in [-0.05, 0) is 66.8 Å². The second-order valence-corrected chi connectivity index (χ2v) is 9.57. The van der Waals surface area contributed by atoms with Crippen LogP contribution in [0.3, 0.4) is 0 Å². The first-order valence-electron chi connectivity index (χ1n) is 9.96. The van der Waals surface area contributed by atoms with E-state index < -0.39 is 18.8 Å². The second-order valence-electron chi connectivity index (χ2n) is 9.57. The van der Waals surface area contributed by atoms with Gasteiger partial charge < -0.3 is 15.3 Å². The molecule has 0 aliphatic heterocycles. The van der Waals surface area contributed by atoms with Crippen molar-refractivity contribution in [3.8, 4) is 0 Å². The molecule has 3 fully saturated rings. The summed E-state index contributed by atoms with van der Waals surface area (Å²) in [6.45, 7) is 3.76. The number of carbonyl (C=O) groups excluding carboxylic acids is 2. The van der Waals surface area contributed by atoms with Crippen LogP contribution < -0.4 is 0 Å². The fourth-order valence-electron chi connectivity index (χ4n) is 7.28. The molecular formula is C21H30O5. The van der Waals surface area contributed by atoms with Crippen molar-refractivity contribution in [2.24, 2.45) is 34.5 Å². The number of fused-ring (bicyclic) bond motifs is 5. The zero-order valence-corrected chi connectivity index (χ0v) is 15.6. The summed E-state index contributed by atoms with van der Waals surface area (Å²) in [6.07, 6.45) is 4.32. The molecule has 26 heavy (non-hydrogen) atoms. The van der Waals surface area contributed by atoms with Crippen molar-refractivity contribution in [3.63, 3.8) is 0 Å². The van der Waals surface area contributed by atoms with Crippen LogP contribution in [0.4, 0.5) is 0 Å². The molecule has 0 amide bonds. The molecule has 4 rings (SSSR count). The van der Waals surface area contributed by atoms with E-state index in [2.05, 4.69) is 13.8 Å². The van der Waals surface area contributed by atoms with Crippen LogP contribution in [0.5, 0.6) is 0 Å². The smallest absolute Gasteiger partial charge is 0.161 e. The maximum atomic E-state index is 12.3. The summed E-state index contributed by atoms with van der Waals surface area (Å²) in [6, 6.07) is 0. The highest BCUT2D eigenvalue weighted by molar-refractivity contribution is 5.91. The Bertz CT molecular complexity index is 669. The first-order chi connectivity index (χ1) is 12.2. The maximum Gasteiger partial charge on any atom is 0.161 e. The lowest BCUT2D eigenvalue weighted by Gasteiger charge is -2.61. The number of Topliss-reactive ketones (excluding diaryl/α,β-unsaturated/α-hetero) is 1. The normalized spacial score (nSPS) is 50.5. The highest BCUT2D eigenvalue weighted by Gasteiger charge is 2.64. The van der Waals surface area contributed by atoms with Crippen molar-refractivity contribution in [3.05, 3.63) is 11.6 Å². The average Bonchev–Trinajstić information content (AvgIpc) is 2.92. The van der Waals surface area contributed by atoms with Crippen LogP contribution in [0.15, 0.2) is 11.6 Å². The Hall–Kier alpha value is -1.04. The SMILES string of the molecule is C[C@]12C[C@H](O)[C@H]3[C@@H](C(O)CC4=CC(=O)CC[C@@]43C)[C@@H]1CC[C@@H]2C(=O)CO. The molecule has 5 heteroatoms. The van der Waals surface area contributed by atoms with Crippen LogP contribution in [0, 0.1) is 34.5 Å². The van der Waals surface area contributed by atoms with Gasteiger partial charge in [-0.2, -0.15) is 0 Å². The Morgan fingerprint density at radius 3 is 2.65 bits per heavy atom. The molecular weight excluding hydrogens is 332 g/mol. The maximum absolute atomic E-state index is 12.3. The molecule has 0 bridgehead atoms. The number of aliphatic hydroxyl groups is 3. The van der Waals surface area contributed by atoms with E-state index in [9.17, 15) is 24.9 Å². The Kier molecular flexibility index (Phi) is 4.22. The molecule has 144 valence electrons. The van der Waals surface area contributed by atoms with Crippen LogP contribution in [-0.2, 0) is 9.59 Å². The summed E-state index contributed by atoms with van der Waals surface area (Å²) in [5.41, 5.74) is 0.368. The highest BCUT2D eigenvalue weighted by atomic mass is 16.3. The van der Waals surface area contributed by atoms with Crippen molar-refractivity contribution < 1.29 is 24.9 Å². The third kappa shape index (κ3) is 2.33. The largest absolute Gasteiger partial charge is 0.393 e. The van der Waals surface area contributed by atoms with Gasteiger partial charge in [0.2, 0.25) is 0 Å². The monoisotopic (exact) mass is 362 g/mol. The standard InChI is InChI=1S/C21H30O5/c1-20-6-5-12(23)7-11(20)8-15(24)18-14-4-3-13(17(26)10-22)21(14,2)9-16(25)19(18)20/h7,13-16,18-19,22,24-25H,3-6,8-10H2,1-2H3/t13-,14+,15?,16+,18-,19+,20+,21-/m1/s1.